The maximum Gasteiger partial charge on any atom is 0.261 e. The monoisotopic (exact) mass is 425 g/mol. The number of nitrogens with one attached hydrogen (secondary N) is 1. The van der Waals surface area contributed by atoms with E-state index < -0.39 is 0 Å². The van der Waals surface area contributed by atoms with E-state index in [0.717, 1.165) is 6.42 Å². The second-order valence-corrected chi connectivity index (χ2v) is 7.88. The van der Waals surface area contributed by atoms with Crippen LogP contribution in [0.25, 0.3) is 10.9 Å². The molecule has 0 unspecified atom stereocenters. The van der Waals surface area contributed by atoms with Crippen molar-refractivity contribution in [3.63, 3.8) is 0 Å². The molecular formula is C27H27N3O2. The van der Waals surface area contributed by atoms with Crippen molar-refractivity contribution < 1.29 is 4.79 Å². The van der Waals surface area contributed by atoms with Crippen LogP contribution in [-0.2, 0) is 11.3 Å². The van der Waals surface area contributed by atoms with Gasteiger partial charge in [-0.1, -0.05) is 72.8 Å². The molecule has 0 atom stereocenters. The van der Waals surface area contributed by atoms with Gasteiger partial charge in [-0.05, 0) is 36.1 Å². The van der Waals surface area contributed by atoms with Crippen LogP contribution in [0.1, 0.15) is 36.3 Å². The van der Waals surface area contributed by atoms with E-state index in [1.165, 1.54) is 11.1 Å². The van der Waals surface area contributed by atoms with Crippen molar-refractivity contribution in [3.8, 4) is 0 Å². The number of carbonyl (C=O) groups is 1. The first-order valence-corrected chi connectivity index (χ1v) is 11.0. The fraction of sp³-hybridized carbons (Fsp3) is 0.222. The molecule has 0 radical (unpaired) electrons. The minimum atomic E-state index is -0.0652. The molecule has 5 nitrogen and oxygen atoms in total. The summed E-state index contributed by atoms with van der Waals surface area (Å²) in [4.78, 5) is 29.2. The van der Waals surface area contributed by atoms with Gasteiger partial charge in [0.25, 0.3) is 5.56 Å². The van der Waals surface area contributed by atoms with Gasteiger partial charge in [0.15, 0.2) is 0 Å². The number of benzene rings is 3. The molecular weight excluding hydrogens is 398 g/mol. The fourth-order valence-corrected chi connectivity index (χ4v) is 4.02. The average Bonchev–Trinajstić information content (AvgIpc) is 2.84. The standard InChI is InChI=1S/C27H27N3O2/c31-26(16-9-19-30-20-29-25-15-8-7-14-24(25)27(30)32)28-18-17-23(21-10-3-1-4-11-21)22-12-5-2-6-13-22/h1-8,10-15,20,23H,9,16-19H2,(H,28,31). The molecule has 1 amide bonds. The zero-order chi connectivity index (χ0) is 22.2. The summed E-state index contributed by atoms with van der Waals surface area (Å²) >= 11 is 0. The quantitative estimate of drug-likeness (QED) is 0.429. The summed E-state index contributed by atoms with van der Waals surface area (Å²) in [5, 5.41) is 3.65. The molecule has 3 aromatic carbocycles. The van der Waals surface area contributed by atoms with Crippen molar-refractivity contribution in [2.45, 2.75) is 31.7 Å². The van der Waals surface area contributed by atoms with Gasteiger partial charge in [-0.25, -0.2) is 4.98 Å². The van der Waals surface area contributed by atoms with Gasteiger partial charge in [0.2, 0.25) is 5.91 Å². The van der Waals surface area contributed by atoms with Crippen molar-refractivity contribution in [1.29, 1.82) is 0 Å². The maximum absolute atomic E-state index is 12.5. The van der Waals surface area contributed by atoms with Gasteiger partial charge < -0.3 is 5.32 Å². The van der Waals surface area contributed by atoms with Crippen LogP contribution in [0.4, 0.5) is 0 Å². The van der Waals surface area contributed by atoms with Gasteiger partial charge >= 0.3 is 0 Å². The number of para-hydroxylation sites is 1. The van der Waals surface area contributed by atoms with Gasteiger partial charge in [0, 0.05) is 25.4 Å². The Hall–Kier alpha value is -3.73. The SMILES string of the molecule is O=C(CCCn1cnc2ccccc2c1=O)NCCC(c1ccccc1)c1ccccc1. The molecule has 0 saturated carbocycles. The lowest BCUT2D eigenvalue weighted by atomic mass is 9.88. The average molecular weight is 426 g/mol. The minimum absolute atomic E-state index is 0.00618. The number of carbonyl (C=O) groups excluding carboxylic acids is 1. The largest absolute Gasteiger partial charge is 0.356 e. The lowest BCUT2D eigenvalue weighted by Crippen LogP contribution is -2.27. The highest BCUT2D eigenvalue weighted by atomic mass is 16.1. The molecule has 0 aliphatic heterocycles. The fourth-order valence-electron chi connectivity index (χ4n) is 4.02. The molecule has 1 aromatic heterocycles. The number of amides is 1. The van der Waals surface area contributed by atoms with Crippen molar-refractivity contribution in [1.82, 2.24) is 14.9 Å². The van der Waals surface area contributed by atoms with Crippen molar-refractivity contribution in [2.75, 3.05) is 6.54 Å². The minimum Gasteiger partial charge on any atom is -0.356 e. The third-order valence-corrected chi connectivity index (χ3v) is 5.69. The summed E-state index contributed by atoms with van der Waals surface area (Å²) in [5.41, 5.74) is 3.12. The van der Waals surface area contributed by atoms with Crippen molar-refractivity contribution >= 4 is 16.8 Å². The highest BCUT2D eigenvalue weighted by Crippen LogP contribution is 2.27. The van der Waals surface area contributed by atoms with Crippen molar-refractivity contribution in [3.05, 3.63) is 113 Å². The van der Waals surface area contributed by atoms with Gasteiger partial charge in [0.05, 0.1) is 17.2 Å². The van der Waals surface area contributed by atoms with E-state index >= 15 is 0 Å². The summed E-state index contributed by atoms with van der Waals surface area (Å²) in [6.07, 6.45) is 3.36. The highest BCUT2D eigenvalue weighted by molar-refractivity contribution is 5.77. The Morgan fingerprint density at radius 2 is 1.50 bits per heavy atom. The van der Waals surface area contributed by atoms with Crippen LogP contribution in [0.5, 0.6) is 0 Å². The third kappa shape index (κ3) is 5.30. The van der Waals surface area contributed by atoms with Crippen LogP contribution in [0.2, 0.25) is 0 Å². The number of hydrogen-bond acceptors (Lipinski definition) is 3. The molecule has 0 aliphatic carbocycles. The molecule has 5 heteroatoms. The maximum atomic E-state index is 12.5. The first-order chi connectivity index (χ1) is 15.7. The van der Waals surface area contributed by atoms with Crippen LogP contribution in [0.15, 0.2) is 96.1 Å². The number of rotatable bonds is 9. The summed E-state index contributed by atoms with van der Waals surface area (Å²) in [7, 11) is 0. The van der Waals surface area contributed by atoms with Gasteiger partial charge in [-0.2, -0.15) is 0 Å². The molecule has 1 N–H and O–H groups in total. The van der Waals surface area contributed by atoms with E-state index in [1.54, 1.807) is 17.0 Å². The predicted octanol–water partition coefficient (Wildman–Crippen LogP) is 4.52. The second-order valence-electron chi connectivity index (χ2n) is 7.88. The molecule has 0 fully saturated rings. The first kappa shape index (κ1) is 21.5. The Morgan fingerprint density at radius 3 is 2.19 bits per heavy atom. The first-order valence-electron chi connectivity index (χ1n) is 11.0. The predicted molar refractivity (Wildman–Crippen MR) is 128 cm³/mol. The van der Waals surface area contributed by atoms with E-state index in [4.69, 9.17) is 0 Å². The van der Waals surface area contributed by atoms with Crippen LogP contribution in [0, 0.1) is 0 Å². The number of aromatic nitrogens is 2. The van der Waals surface area contributed by atoms with E-state index in [9.17, 15) is 9.59 Å². The van der Waals surface area contributed by atoms with Crippen LogP contribution in [-0.4, -0.2) is 22.0 Å². The Morgan fingerprint density at radius 1 is 0.875 bits per heavy atom. The Kier molecular flexibility index (Phi) is 7.08. The molecule has 0 aliphatic rings. The lowest BCUT2D eigenvalue weighted by molar-refractivity contribution is -0.121. The zero-order valence-corrected chi connectivity index (χ0v) is 18.0. The van der Waals surface area contributed by atoms with Crippen LogP contribution in [0.3, 0.4) is 0 Å². The summed E-state index contributed by atoms with van der Waals surface area (Å²) in [6.45, 7) is 1.07. The van der Waals surface area contributed by atoms with Gasteiger partial charge in [-0.3, -0.25) is 14.2 Å². The topological polar surface area (TPSA) is 64.0 Å². The summed E-state index contributed by atoms with van der Waals surface area (Å²) in [5.74, 6) is 0.242. The van der Waals surface area contributed by atoms with E-state index in [-0.39, 0.29) is 17.4 Å². The van der Waals surface area contributed by atoms with Crippen molar-refractivity contribution in [2.24, 2.45) is 0 Å². The molecule has 4 rings (SSSR count). The van der Waals surface area contributed by atoms with Crippen LogP contribution >= 0.6 is 0 Å². The smallest absolute Gasteiger partial charge is 0.261 e. The normalized spacial score (nSPS) is 11.0. The van der Waals surface area contributed by atoms with Crippen LogP contribution < -0.4 is 10.9 Å². The van der Waals surface area contributed by atoms with Gasteiger partial charge in [-0.15, -0.1) is 0 Å². The molecule has 1 heterocycles. The third-order valence-electron chi connectivity index (χ3n) is 5.69. The number of nitrogens with zero attached hydrogens (tertiary/aromatic N) is 2. The lowest BCUT2D eigenvalue weighted by Gasteiger charge is -2.18. The van der Waals surface area contributed by atoms with Gasteiger partial charge in [0.1, 0.15) is 0 Å². The number of aryl methyl sites for hydroxylation is 1. The Labute approximate surface area is 187 Å². The molecule has 0 spiro atoms. The second kappa shape index (κ2) is 10.5. The molecule has 0 saturated heterocycles. The number of hydrogen-bond donors (Lipinski definition) is 1. The molecule has 32 heavy (non-hydrogen) atoms. The zero-order valence-electron chi connectivity index (χ0n) is 18.0. The molecule has 0 bridgehead atoms. The summed E-state index contributed by atoms with van der Waals surface area (Å²) in [6, 6.07) is 28.1. The Bertz CT molecular complexity index is 1180. The number of fused-ring (bicyclic) bond motifs is 1. The van der Waals surface area contributed by atoms with E-state index in [1.807, 2.05) is 54.6 Å². The van der Waals surface area contributed by atoms with E-state index in [2.05, 4.69) is 34.6 Å². The highest BCUT2D eigenvalue weighted by Gasteiger charge is 2.14. The Balaban J connectivity index is 1.29. The van der Waals surface area contributed by atoms with E-state index in [0.29, 0.717) is 36.8 Å². The summed E-state index contributed by atoms with van der Waals surface area (Å²) < 4.78 is 1.58. The molecule has 162 valence electrons. The molecule has 4 aromatic rings.